The number of rotatable bonds is 6. The van der Waals surface area contributed by atoms with Crippen LogP contribution in [0.25, 0.3) is 0 Å². The van der Waals surface area contributed by atoms with Crippen LogP contribution in [-0.4, -0.2) is 42.9 Å². The van der Waals surface area contributed by atoms with Gasteiger partial charge in [-0.2, -0.15) is 0 Å². The maximum Gasteiger partial charge on any atom is 0.315 e. The standard InChI is InChI=1S/C18H28FN3O2/c1-13(2)17(23)6-9-20-18(24)21-15-7-10-22(11-8-15)16-5-3-4-14(19)12-16/h3-5,12-13,15,17,23H,6-11H2,1-2H3,(H2,20,21,24). The summed E-state index contributed by atoms with van der Waals surface area (Å²) in [6.45, 7) is 5.96. The van der Waals surface area contributed by atoms with E-state index >= 15 is 0 Å². The van der Waals surface area contributed by atoms with E-state index in [4.69, 9.17) is 0 Å². The number of carbonyl (C=O) groups excluding carboxylic acids is 1. The number of nitrogens with one attached hydrogen (secondary N) is 2. The maximum atomic E-state index is 13.3. The molecular weight excluding hydrogens is 309 g/mol. The molecule has 1 aliphatic rings. The van der Waals surface area contributed by atoms with Gasteiger partial charge in [-0.1, -0.05) is 19.9 Å². The van der Waals surface area contributed by atoms with Gasteiger partial charge in [0.1, 0.15) is 5.82 Å². The van der Waals surface area contributed by atoms with Crippen molar-refractivity contribution < 1.29 is 14.3 Å². The van der Waals surface area contributed by atoms with E-state index < -0.39 is 0 Å². The highest BCUT2D eigenvalue weighted by molar-refractivity contribution is 5.74. The van der Waals surface area contributed by atoms with Gasteiger partial charge in [0, 0.05) is 31.4 Å². The van der Waals surface area contributed by atoms with E-state index in [1.54, 1.807) is 12.1 Å². The largest absolute Gasteiger partial charge is 0.393 e. The Balaban J connectivity index is 1.68. The number of carbonyl (C=O) groups is 1. The predicted molar refractivity (Wildman–Crippen MR) is 93.6 cm³/mol. The van der Waals surface area contributed by atoms with Gasteiger partial charge in [-0.15, -0.1) is 0 Å². The third-order valence-electron chi connectivity index (χ3n) is 4.50. The first kappa shape index (κ1) is 18.5. The van der Waals surface area contributed by atoms with Gasteiger partial charge in [0.2, 0.25) is 0 Å². The Kier molecular flexibility index (Phi) is 6.85. The zero-order valence-corrected chi connectivity index (χ0v) is 14.5. The number of amides is 2. The highest BCUT2D eigenvalue weighted by Gasteiger charge is 2.21. The second-order valence-corrected chi connectivity index (χ2v) is 6.74. The van der Waals surface area contributed by atoms with Gasteiger partial charge in [-0.25, -0.2) is 9.18 Å². The van der Waals surface area contributed by atoms with Crippen molar-refractivity contribution in [2.45, 2.75) is 45.3 Å². The molecule has 2 amide bonds. The quantitative estimate of drug-likeness (QED) is 0.747. The van der Waals surface area contributed by atoms with Crippen LogP contribution in [0.1, 0.15) is 33.1 Å². The van der Waals surface area contributed by atoms with E-state index in [1.165, 1.54) is 6.07 Å². The van der Waals surface area contributed by atoms with Gasteiger partial charge in [0.05, 0.1) is 6.10 Å². The lowest BCUT2D eigenvalue weighted by atomic mass is 10.0. The van der Waals surface area contributed by atoms with Crippen molar-refractivity contribution in [3.8, 4) is 0 Å². The summed E-state index contributed by atoms with van der Waals surface area (Å²) >= 11 is 0. The number of halogens is 1. The van der Waals surface area contributed by atoms with E-state index in [0.29, 0.717) is 13.0 Å². The Hall–Kier alpha value is -1.82. The van der Waals surface area contributed by atoms with Crippen molar-refractivity contribution in [2.24, 2.45) is 5.92 Å². The number of benzene rings is 1. The first-order chi connectivity index (χ1) is 11.5. The number of piperidine rings is 1. The Morgan fingerprint density at radius 1 is 1.38 bits per heavy atom. The van der Waals surface area contributed by atoms with Crippen LogP contribution in [0.5, 0.6) is 0 Å². The van der Waals surface area contributed by atoms with Crippen molar-refractivity contribution in [2.75, 3.05) is 24.5 Å². The monoisotopic (exact) mass is 337 g/mol. The summed E-state index contributed by atoms with van der Waals surface area (Å²) < 4.78 is 13.3. The van der Waals surface area contributed by atoms with Crippen LogP contribution in [0.3, 0.4) is 0 Å². The Morgan fingerprint density at radius 2 is 2.08 bits per heavy atom. The molecule has 134 valence electrons. The first-order valence-corrected chi connectivity index (χ1v) is 8.68. The fourth-order valence-corrected chi connectivity index (χ4v) is 2.86. The minimum absolute atomic E-state index is 0.129. The zero-order chi connectivity index (χ0) is 17.5. The van der Waals surface area contributed by atoms with E-state index in [-0.39, 0.29) is 29.9 Å². The number of anilines is 1. The molecular formula is C18H28FN3O2. The van der Waals surface area contributed by atoms with Crippen LogP contribution in [-0.2, 0) is 0 Å². The molecule has 1 aromatic carbocycles. The molecule has 0 spiro atoms. The van der Waals surface area contributed by atoms with Crippen molar-refractivity contribution in [1.82, 2.24) is 10.6 Å². The zero-order valence-electron chi connectivity index (χ0n) is 14.5. The summed E-state index contributed by atoms with van der Waals surface area (Å²) in [5.74, 6) is -0.0299. The van der Waals surface area contributed by atoms with Crippen molar-refractivity contribution in [1.29, 1.82) is 0 Å². The van der Waals surface area contributed by atoms with Gasteiger partial charge in [0.15, 0.2) is 0 Å². The van der Waals surface area contributed by atoms with Gasteiger partial charge >= 0.3 is 6.03 Å². The Morgan fingerprint density at radius 3 is 2.71 bits per heavy atom. The minimum atomic E-state index is -0.389. The SMILES string of the molecule is CC(C)C(O)CCNC(=O)NC1CCN(c2cccc(F)c2)CC1. The number of aliphatic hydroxyl groups is 1. The van der Waals surface area contributed by atoms with Crippen LogP contribution in [0.15, 0.2) is 24.3 Å². The second-order valence-electron chi connectivity index (χ2n) is 6.74. The summed E-state index contributed by atoms with van der Waals surface area (Å²) in [5.41, 5.74) is 0.889. The van der Waals surface area contributed by atoms with Crippen molar-refractivity contribution in [3.63, 3.8) is 0 Å². The summed E-state index contributed by atoms with van der Waals surface area (Å²) in [4.78, 5) is 14.0. The molecule has 1 heterocycles. The third kappa shape index (κ3) is 5.67. The van der Waals surface area contributed by atoms with Crippen molar-refractivity contribution >= 4 is 11.7 Å². The maximum absolute atomic E-state index is 13.3. The van der Waals surface area contributed by atoms with Crippen LogP contribution in [0.4, 0.5) is 14.9 Å². The molecule has 1 aromatic rings. The molecule has 0 radical (unpaired) electrons. The third-order valence-corrected chi connectivity index (χ3v) is 4.50. The number of nitrogens with zero attached hydrogens (tertiary/aromatic N) is 1. The molecule has 6 heteroatoms. The number of aliphatic hydroxyl groups excluding tert-OH is 1. The fraction of sp³-hybridized carbons (Fsp3) is 0.611. The molecule has 24 heavy (non-hydrogen) atoms. The molecule has 1 saturated heterocycles. The lowest BCUT2D eigenvalue weighted by molar-refractivity contribution is 0.116. The summed E-state index contributed by atoms with van der Waals surface area (Å²) in [5, 5.41) is 15.5. The smallest absolute Gasteiger partial charge is 0.315 e. The summed E-state index contributed by atoms with van der Waals surface area (Å²) in [6, 6.07) is 6.55. The molecule has 0 saturated carbocycles. The predicted octanol–water partition coefficient (Wildman–Crippen LogP) is 2.50. The molecule has 2 rings (SSSR count). The van der Waals surface area contributed by atoms with Crippen LogP contribution in [0.2, 0.25) is 0 Å². The van der Waals surface area contributed by atoms with Gasteiger partial charge in [0.25, 0.3) is 0 Å². The Labute approximate surface area is 143 Å². The molecule has 0 aromatic heterocycles. The molecule has 5 nitrogen and oxygen atoms in total. The van der Waals surface area contributed by atoms with E-state index in [2.05, 4.69) is 15.5 Å². The lowest BCUT2D eigenvalue weighted by Crippen LogP contribution is -2.48. The second kappa shape index (κ2) is 8.87. The summed E-state index contributed by atoms with van der Waals surface area (Å²) in [7, 11) is 0. The molecule has 1 unspecified atom stereocenters. The summed E-state index contributed by atoms with van der Waals surface area (Å²) in [6.07, 6.45) is 1.83. The normalized spacial score (nSPS) is 17.0. The lowest BCUT2D eigenvalue weighted by Gasteiger charge is -2.34. The highest BCUT2D eigenvalue weighted by atomic mass is 19.1. The van der Waals surface area contributed by atoms with Crippen LogP contribution >= 0.6 is 0 Å². The number of urea groups is 1. The number of hydrogen-bond donors (Lipinski definition) is 3. The number of hydrogen-bond acceptors (Lipinski definition) is 3. The van der Waals surface area contributed by atoms with Crippen LogP contribution < -0.4 is 15.5 Å². The van der Waals surface area contributed by atoms with E-state index in [0.717, 1.165) is 31.6 Å². The molecule has 1 atom stereocenters. The first-order valence-electron chi connectivity index (χ1n) is 8.68. The molecule has 1 aliphatic heterocycles. The average Bonchev–Trinajstić information content (AvgIpc) is 2.55. The molecule has 1 fully saturated rings. The van der Waals surface area contributed by atoms with Gasteiger partial charge in [-0.05, 0) is 43.4 Å². The van der Waals surface area contributed by atoms with Gasteiger partial charge < -0.3 is 20.6 Å². The molecule has 0 aliphatic carbocycles. The fourth-order valence-electron chi connectivity index (χ4n) is 2.86. The molecule has 3 N–H and O–H groups in total. The van der Waals surface area contributed by atoms with Gasteiger partial charge in [-0.3, -0.25) is 0 Å². The molecule has 0 bridgehead atoms. The Bertz CT molecular complexity index is 531. The van der Waals surface area contributed by atoms with Crippen molar-refractivity contribution in [3.05, 3.63) is 30.1 Å². The highest BCUT2D eigenvalue weighted by Crippen LogP contribution is 2.20. The minimum Gasteiger partial charge on any atom is -0.393 e. The topological polar surface area (TPSA) is 64.6 Å². The van der Waals surface area contributed by atoms with E-state index in [9.17, 15) is 14.3 Å². The van der Waals surface area contributed by atoms with Crippen LogP contribution in [0, 0.1) is 11.7 Å². The average molecular weight is 337 g/mol. The van der Waals surface area contributed by atoms with E-state index in [1.807, 2.05) is 19.9 Å².